The molecular weight excluding hydrogens is 300 g/mol. The summed E-state index contributed by atoms with van der Waals surface area (Å²) < 4.78 is 49.9. The molecule has 0 aromatic heterocycles. The normalized spacial score (nSPS) is 25.2. The van der Waals surface area contributed by atoms with E-state index in [4.69, 9.17) is 5.26 Å². The van der Waals surface area contributed by atoms with Crippen molar-refractivity contribution < 1.29 is 16.8 Å². The van der Waals surface area contributed by atoms with Crippen molar-refractivity contribution in [3.63, 3.8) is 0 Å². The minimum absolute atomic E-state index is 0.0236. The van der Waals surface area contributed by atoms with E-state index in [0.717, 1.165) is 0 Å². The quantitative estimate of drug-likeness (QED) is 0.870. The molecule has 108 valence electrons. The number of hydrogen-bond donors (Lipinski definition) is 1. The van der Waals surface area contributed by atoms with Gasteiger partial charge in [-0.15, -0.1) is 0 Å². The number of sulfone groups is 1. The number of hydrogen-bond acceptors (Lipinski definition) is 5. The second-order valence-electron chi connectivity index (χ2n) is 5.15. The fourth-order valence-corrected chi connectivity index (χ4v) is 5.87. The average molecular weight is 314 g/mol. The number of nitriles is 1. The summed E-state index contributed by atoms with van der Waals surface area (Å²) in [5, 5.41) is 8.79. The SMILES string of the molecule is C[C@@]1(NS(=O)(=O)c2cccc(C#N)c2)CCS(=O)(=O)C1. The summed E-state index contributed by atoms with van der Waals surface area (Å²) in [5.74, 6) is -0.235. The lowest BCUT2D eigenvalue weighted by atomic mass is 10.0. The first kappa shape index (κ1) is 15.0. The smallest absolute Gasteiger partial charge is 0.229 e. The van der Waals surface area contributed by atoms with Crippen LogP contribution in [0.1, 0.15) is 18.9 Å². The monoisotopic (exact) mass is 314 g/mol. The maximum atomic E-state index is 12.3. The Labute approximate surface area is 118 Å². The lowest BCUT2D eigenvalue weighted by molar-refractivity contribution is 0.462. The molecule has 1 fully saturated rings. The van der Waals surface area contributed by atoms with Crippen LogP contribution in [0, 0.1) is 11.3 Å². The van der Waals surface area contributed by atoms with Gasteiger partial charge in [-0.1, -0.05) is 6.07 Å². The van der Waals surface area contributed by atoms with Crippen molar-refractivity contribution in [2.75, 3.05) is 11.5 Å². The molecular formula is C12H14N2O4S2. The molecule has 1 heterocycles. The van der Waals surface area contributed by atoms with Gasteiger partial charge < -0.3 is 0 Å². The van der Waals surface area contributed by atoms with Crippen LogP contribution in [0.2, 0.25) is 0 Å². The molecule has 0 aliphatic carbocycles. The molecule has 1 atom stereocenters. The van der Waals surface area contributed by atoms with Crippen LogP contribution in [-0.2, 0) is 19.9 Å². The van der Waals surface area contributed by atoms with Crippen molar-refractivity contribution in [1.29, 1.82) is 5.26 Å². The maximum Gasteiger partial charge on any atom is 0.241 e. The van der Waals surface area contributed by atoms with E-state index in [1.807, 2.05) is 6.07 Å². The predicted octanol–water partition coefficient (Wildman–Crippen LogP) is 0.414. The number of nitrogens with zero attached hydrogens (tertiary/aromatic N) is 1. The van der Waals surface area contributed by atoms with Crippen molar-refractivity contribution >= 4 is 19.9 Å². The third-order valence-electron chi connectivity index (χ3n) is 3.16. The molecule has 0 amide bonds. The Morgan fingerprint density at radius 1 is 1.40 bits per heavy atom. The summed E-state index contributed by atoms with van der Waals surface area (Å²) in [6.07, 6.45) is 0.243. The molecule has 0 saturated carbocycles. The fraction of sp³-hybridized carbons (Fsp3) is 0.417. The highest BCUT2D eigenvalue weighted by molar-refractivity contribution is 7.92. The lowest BCUT2D eigenvalue weighted by Crippen LogP contribution is -2.46. The molecule has 0 radical (unpaired) electrons. The van der Waals surface area contributed by atoms with Crippen molar-refractivity contribution in [1.82, 2.24) is 4.72 Å². The van der Waals surface area contributed by atoms with Gasteiger partial charge in [-0.3, -0.25) is 0 Å². The number of benzene rings is 1. The van der Waals surface area contributed by atoms with E-state index in [9.17, 15) is 16.8 Å². The predicted molar refractivity (Wildman–Crippen MR) is 73.2 cm³/mol. The molecule has 1 aliphatic heterocycles. The number of sulfonamides is 1. The highest BCUT2D eigenvalue weighted by Crippen LogP contribution is 2.25. The largest absolute Gasteiger partial charge is 0.241 e. The lowest BCUT2D eigenvalue weighted by Gasteiger charge is -2.23. The Morgan fingerprint density at radius 3 is 2.65 bits per heavy atom. The van der Waals surface area contributed by atoms with Gasteiger partial charge in [-0.2, -0.15) is 5.26 Å². The summed E-state index contributed by atoms with van der Waals surface area (Å²) in [5.41, 5.74) is -0.766. The summed E-state index contributed by atoms with van der Waals surface area (Å²) in [7, 11) is -7.05. The first-order chi connectivity index (χ1) is 9.16. The van der Waals surface area contributed by atoms with E-state index >= 15 is 0 Å². The third kappa shape index (κ3) is 3.17. The zero-order chi connectivity index (χ0) is 15.0. The van der Waals surface area contributed by atoms with Crippen molar-refractivity contribution in [2.24, 2.45) is 0 Å². The standard InChI is InChI=1S/C12H14N2O4S2/c1-12(5-6-19(15,16)9-12)14-20(17,18)11-4-2-3-10(7-11)8-13/h2-4,7,14H,5-6,9H2,1H3/t12-/m1/s1. The van der Waals surface area contributed by atoms with E-state index in [1.165, 1.54) is 24.3 Å². The highest BCUT2D eigenvalue weighted by atomic mass is 32.2. The molecule has 20 heavy (non-hydrogen) atoms. The Hall–Kier alpha value is -1.43. The van der Waals surface area contributed by atoms with Crippen LogP contribution < -0.4 is 4.72 Å². The molecule has 1 aromatic rings. The average Bonchev–Trinajstić information content (AvgIpc) is 2.62. The van der Waals surface area contributed by atoms with Gasteiger partial charge >= 0.3 is 0 Å². The van der Waals surface area contributed by atoms with Gasteiger partial charge in [0, 0.05) is 5.54 Å². The van der Waals surface area contributed by atoms with Crippen molar-refractivity contribution in [3.8, 4) is 6.07 Å². The molecule has 1 aromatic carbocycles. The highest BCUT2D eigenvalue weighted by Gasteiger charge is 2.41. The van der Waals surface area contributed by atoms with Crippen molar-refractivity contribution in [3.05, 3.63) is 29.8 Å². The Bertz CT molecular complexity index is 778. The van der Waals surface area contributed by atoms with E-state index in [2.05, 4.69) is 4.72 Å². The Kier molecular flexibility index (Phi) is 3.62. The van der Waals surface area contributed by atoms with E-state index in [1.54, 1.807) is 6.92 Å². The summed E-state index contributed by atoms with van der Waals surface area (Å²) in [4.78, 5) is -0.0397. The molecule has 0 unspecified atom stereocenters. The molecule has 1 aliphatic rings. The van der Waals surface area contributed by atoms with Gasteiger partial charge in [0.05, 0.1) is 28.0 Å². The third-order valence-corrected chi connectivity index (χ3v) is 6.70. The van der Waals surface area contributed by atoms with E-state index in [0.29, 0.717) is 0 Å². The first-order valence-electron chi connectivity index (χ1n) is 5.90. The van der Waals surface area contributed by atoms with Crippen molar-refractivity contribution in [2.45, 2.75) is 23.8 Å². The maximum absolute atomic E-state index is 12.3. The Balaban J connectivity index is 2.31. The summed E-state index contributed by atoms with van der Waals surface area (Å²) in [6, 6.07) is 7.47. The van der Waals surface area contributed by atoms with Gasteiger partial charge in [-0.05, 0) is 31.5 Å². The van der Waals surface area contributed by atoms with Gasteiger partial charge in [0.15, 0.2) is 9.84 Å². The molecule has 6 nitrogen and oxygen atoms in total. The van der Waals surface area contributed by atoms with Crippen LogP contribution in [-0.4, -0.2) is 33.9 Å². The topological polar surface area (TPSA) is 104 Å². The van der Waals surface area contributed by atoms with E-state index < -0.39 is 25.4 Å². The molecule has 0 bridgehead atoms. The number of rotatable bonds is 3. The fourth-order valence-electron chi connectivity index (χ4n) is 2.21. The minimum Gasteiger partial charge on any atom is -0.229 e. The van der Waals surface area contributed by atoms with Crippen LogP contribution in [0.25, 0.3) is 0 Å². The molecule has 2 rings (SSSR count). The molecule has 0 spiro atoms. The number of nitrogens with one attached hydrogen (secondary N) is 1. The van der Waals surface area contributed by atoms with Gasteiger partial charge in [-0.25, -0.2) is 21.6 Å². The molecule has 1 N–H and O–H groups in total. The van der Waals surface area contributed by atoms with Crippen LogP contribution in [0.4, 0.5) is 0 Å². The summed E-state index contributed by atoms with van der Waals surface area (Å²) >= 11 is 0. The minimum atomic E-state index is -3.85. The van der Waals surface area contributed by atoms with Crippen LogP contribution in [0.5, 0.6) is 0 Å². The van der Waals surface area contributed by atoms with Crippen LogP contribution in [0.15, 0.2) is 29.2 Å². The zero-order valence-corrected chi connectivity index (χ0v) is 12.5. The Morgan fingerprint density at radius 2 is 2.10 bits per heavy atom. The molecule has 8 heteroatoms. The summed E-state index contributed by atoms with van der Waals surface area (Å²) in [6.45, 7) is 1.57. The second-order valence-corrected chi connectivity index (χ2v) is 9.01. The van der Waals surface area contributed by atoms with Gasteiger partial charge in [0.25, 0.3) is 0 Å². The van der Waals surface area contributed by atoms with Crippen LogP contribution >= 0.6 is 0 Å². The van der Waals surface area contributed by atoms with Gasteiger partial charge in [0.1, 0.15) is 0 Å². The second kappa shape index (κ2) is 4.84. The van der Waals surface area contributed by atoms with E-state index in [-0.39, 0.29) is 28.4 Å². The van der Waals surface area contributed by atoms with Crippen LogP contribution in [0.3, 0.4) is 0 Å². The molecule has 1 saturated heterocycles. The zero-order valence-electron chi connectivity index (χ0n) is 10.8. The first-order valence-corrected chi connectivity index (χ1v) is 9.21. The van der Waals surface area contributed by atoms with Gasteiger partial charge in [0.2, 0.25) is 10.0 Å².